The second-order valence-electron chi connectivity index (χ2n) is 5.60. The van der Waals surface area contributed by atoms with Gasteiger partial charge in [-0.05, 0) is 30.3 Å². The molecule has 0 saturated heterocycles. The molecule has 25 heavy (non-hydrogen) atoms. The highest BCUT2D eigenvalue weighted by atomic mass is 16.5. The summed E-state index contributed by atoms with van der Waals surface area (Å²) in [4.78, 5) is 37.4. The number of hydrogen-bond donors (Lipinski definition) is 2. The number of nitrogens with one attached hydrogen (secondary N) is 1. The van der Waals surface area contributed by atoms with E-state index in [2.05, 4.69) is 5.32 Å². The van der Waals surface area contributed by atoms with Crippen molar-refractivity contribution in [1.82, 2.24) is 0 Å². The Labute approximate surface area is 144 Å². The topological polar surface area (TPSA) is 102 Å². The molecule has 0 aromatic heterocycles. The van der Waals surface area contributed by atoms with Crippen molar-refractivity contribution in [2.45, 2.75) is 6.42 Å². The van der Waals surface area contributed by atoms with Crippen molar-refractivity contribution in [2.24, 2.45) is 5.73 Å². The van der Waals surface area contributed by atoms with Gasteiger partial charge in [0.15, 0.2) is 0 Å². The van der Waals surface area contributed by atoms with Gasteiger partial charge in [0.05, 0.1) is 30.0 Å². The Morgan fingerprint density at radius 3 is 2.72 bits per heavy atom. The fourth-order valence-electron chi connectivity index (χ4n) is 2.59. The summed E-state index contributed by atoms with van der Waals surface area (Å²) in [6, 6.07) is 11.3. The molecule has 3 rings (SSSR count). The maximum Gasteiger partial charge on any atom is 0.255 e. The quantitative estimate of drug-likeness (QED) is 0.890. The van der Waals surface area contributed by atoms with Gasteiger partial charge < -0.3 is 20.7 Å². The summed E-state index contributed by atoms with van der Waals surface area (Å²) in [5, 5.41) is 2.67. The third-order valence-electron chi connectivity index (χ3n) is 3.97. The van der Waals surface area contributed by atoms with E-state index in [1.165, 1.54) is 11.0 Å². The number of para-hydroxylation sites is 1. The van der Waals surface area contributed by atoms with Gasteiger partial charge in [0.1, 0.15) is 5.75 Å². The summed E-state index contributed by atoms with van der Waals surface area (Å²) in [6.07, 6.45) is 0.276. The van der Waals surface area contributed by atoms with Gasteiger partial charge in [-0.3, -0.25) is 14.4 Å². The maximum atomic E-state index is 12.5. The third-order valence-corrected chi connectivity index (χ3v) is 3.97. The number of fused-ring (bicyclic) bond motifs is 1. The first kappa shape index (κ1) is 16.5. The van der Waals surface area contributed by atoms with Crippen LogP contribution in [0.4, 0.5) is 11.4 Å². The fourth-order valence-corrected chi connectivity index (χ4v) is 2.59. The average molecular weight is 339 g/mol. The lowest BCUT2D eigenvalue weighted by molar-refractivity contribution is -0.118. The molecule has 128 valence electrons. The van der Waals surface area contributed by atoms with E-state index in [0.717, 1.165) is 0 Å². The minimum absolute atomic E-state index is 0.0876. The first-order valence-corrected chi connectivity index (χ1v) is 7.71. The summed E-state index contributed by atoms with van der Waals surface area (Å²) in [5.74, 6) is -0.587. The second kappa shape index (κ2) is 6.64. The van der Waals surface area contributed by atoms with Gasteiger partial charge >= 0.3 is 0 Å². The smallest absolute Gasteiger partial charge is 0.255 e. The molecule has 0 aliphatic carbocycles. The van der Waals surface area contributed by atoms with Crippen molar-refractivity contribution in [3.8, 4) is 5.75 Å². The van der Waals surface area contributed by atoms with Gasteiger partial charge in [-0.1, -0.05) is 12.1 Å². The van der Waals surface area contributed by atoms with Crippen molar-refractivity contribution in [2.75, 3.05) is 23.9 Å². The van der Waals surface area contributed by atoms with Crippen molar-refractivity contribution >= 4 is 29.1 Å². The number of anilines is 2. The molecule has 1 aliphatic heterocycles. The highest BCUT2D eigenvalue weighted by Crippen LogP contribution is 2.31. The Kier molecular flexibility index (Phi) is 4.38. The first-order chi connectivity index (χ1) is 12.0. The lowest BCUT2D eigenvalue weighted by Gasteiger charge is -2.17. The van der Waals surface area contributed by atoms with Crippen molar-refractivity contribution in [1.29, 1.82) is 0 Å². The van der Waals surface area contributed by atoms with Crippen molar-refractivity contribution in [3.05, 3.63) is 53.6 Å². The summed E-state index contributed by atoms with van der Waals surface area (Å²) in [5.41, 5.74) is 6.74. The van der Waals surface area contributed by atoms with Crippen LogP contribution in [0.3, 0.4) is 0 Å². The number of carbonyl (C=O) groups excluding carboxylic acids is 3. The molecule has 0 saturated carbocycles. The Morgan fingerprint density at radius 2 is 1.96 bits per heavy atom. The SMILES string of the molecule is CN1C(=O)CCOc2ccc(C(=O)Nc3ccccc3C(N)=O)cc21. The molecule has 1 heterocycles. The van der Waals surface area contributed by atoms with Crippen LogP contribution >= 0.6 is 0 Å². The largest absolute Gasteiger partial charge is 0.491 e. The van der Waals surface area contributed by atoms with Gasteiger partial charge in [0.25, 0.3) is 11.8 Å². The standard InChI is InChI=1S/C18H17N3O4/c1-21-14-10-11(6-7-15(14)25-9-8-16(21)22)18(24)20-13-5-3-2-4-12(13)17(19)23/h2-7,10H,8-9H2,1H3,(H2,19,23)(H,20,24). The molecular weight excluding hydrogens is 322 g/mol. The molecule has 0 atom stereocenters. The predicted molar refractivity (Wildman–Crippen MR) is 92.9 cm³/mol. The van der Waals surface area contributed by atoms with Crippen molar-refractivity contribution < 1.29 is 19.1 Å². The molecule has 0 unspecified atom stereocenters. The van der Waals surface area contributed by atoms with Crippen LogP contribution in [0.5, 0.6) is 5.75 Å². The molecule has 1 aliphatic rings. The minimum atomic E-state index is -0.628. The predicted octanol–water partition coefficient (Wildman–Crippen LogP) is 1.78. The van der Waals surface area contributed by atoms with Crippen LogP contribution in [-0.4, -0.2) is 31.4 Å². The zero-order chi connectivity index (χ0) is 18.0. The maximum absolute atomic E-state index is 12.5. The van der Waals surface area contributed by atoms with Gasteiger partial charge in [0, 0.05) is 12.6 Å². The molecule has 3 amide bonds. The molecule has 7 nitrogen and oxygen atoms in total. The zero-order valence-corrected chi connectivity index (χ0v) is 13.6. The molecule has 0 spiro atoms. The lowest BCUT2D eigenvalue weighted by Crippen LogP contribution is -2.25. The Hall–Kier alpha value is -3.35. The van der Waals surface area contributed by atoms with Crippen LogP contribution in [0.2, 0.25) is 0 Å². The van der Waals surface area contributed by atoms with Gasteiger partial charge in [-0.25, -0.2) is 0 Å². The number of nitrogens with two attached hydrogens (primary N) is 1. The van der Waals surface area contributed by atoms with E-state index in [4.69, 9.17) is 10.5 Å². The number of benzene rings is 2. The zero-order valence-electron chi connectivity index (χ0n) is 13.6. The van der Waals surface area contributed by atoms with E-state index >= 15 is 0 Å². The van der Waals surface area contributed by atoms with E-state index in [1.54, 1.807) is 43.4 Å². The van der Waals surface area contributed by atoms with Crippen LogP contribution in [-0.2, 0) is 4.79 Å². The number of carbonyl (C=O) groups is 3. The summed E-state index contributed by atoms with van der Waals surface area (Å²) < 4.78 is 5.54. The number of rotatable bonds is 3. The number of primary amides is 1. The second-order valence-corrected chi connectivity index (χ2v) is 5.60. The highest BCUT2D eigenvalue weighted by Gasteiger charge is 2.21. The Balaban J connectivity index is 1.90. The molecule has 0 bridgehead atoms. The normalized spacial score (nSPS) is 13.5. The summed E-state index contributed by atoms with van der Waals surface area (Å²) in [7, 11) is 1.64. The van der Waals surface area contributed by atoms with E-state index in [-0.39, 0.29) is 17.9 Å². The summed E-state index contributed by atoms with van der Waals surface area (Å²) in [6.45, 7) is 0.299. The number of hydrogen-bond acceptors (Lipinski definition) is 4. The van der Waals surface area contributed by atoms with E-state index in [1.807, 2.05) is 0 Å². The van der Waals surface area contributed by atoms with Gasteiger partial charge in [-0.15, -0.1) is 0 Å². The van der Waals surface area contributed by atoms with E-state index < -0.39 is 11.8 Å². The van der Waals surface area contributed by atoms with E-state index in [0.29, 0.717) is 29.3 Å². The Morgan fingerprint density at radius 1 is 1.20 bits per heavy atom. The molecule has 0 radical (unpaired) electrons. The van der Waals surface area contributed by atoms with Gasteiger partial charge in [-0.2, -0.15) is 0 Å². The molecule has 7 heteroatoms. The first-order valence-electron chi connectivity index (χ1n) is 7.71. The van der Waals surface area contributed by atoms with Crippen LogP contribution < -0.4 is 20.7 Å². The number of nitrogens with zero attached hydrogens (tertiary/aromatic N) is 1. The molecule has 0 fully saturated rings. The number of ether oxygens (including phenoxy) is 1. The van der Waals surface area contributed by atoms with E-state index in [9.17, 15) is 14.4 Å². The van der Waals surface area contributed by atoms with Crippen LogP contribution in [0.15, 0.2) is 42.5 Å². The van der Waals surface area contributed by atoms with Crippen LogP contribution in [0.25, 0.3) is 0 Å². The van der Waals surface area contributed by atoms with Gasteiger partial charge in [0.2, 0.25) is 5.91 Å². The average Bonchev–Trinajstić information content (AvgIpc) is 2.74. The van der Waals surface area contributed by atoms with Crippen LogP contribution in [0.1, 0.15) is 27.1 Å². The van der Waals surface area contributed by atoms with Crippen molar-refractivity contribution in [3.63, 3.8) is 0 Å². The molecular formula is C18H17N3O4. The molecule has 2 aromatic rings. The fraction of sp³-hybridized carbons (Fsp3) is 0.167. The number of amides is 3. The monoisotopic (exact) mass is 339 g/mol. The highest BCUT2D eigenvalue weighted by molar-refractivity contribution is 6.09. The summed E-state index contributed by atoms with van der Waals surface area (Å²) >= 11 is 0. The van der Waals surface area contributed by atoms with Crippen LogP contribution in [0, 0.1) is 0 Å². The third kappa shape index (κ3) is 3.30. The lowest BCUT2D eigenvalue weighted by atomic mass is 10.1. The minimum Gasteiger partial charge on any atom is -0.491 e. The Bertz CT molecular complexity index is 863. The molecule has 2 aromatic carbocycles. The molecule has 3 N–H and O–H groups in total.